The Bertz CT molecular complexity index is 814. The van der Waals surface area contributed by atoms with Gasteiger partial charge in [0.2, 0.25) is 0 Å². The minimum atomic E-state index is -1.58. The van der Waals surface area contributed by atoms with Crippen molar-refractivity contribution in [3.8, 4) is 5.75 Å². The van der Waals surface area contributed by atoms with Gasteiger partial charge in [0.05, 0.1) is 18.8 Å². The normalized spacial score (nSPS) is 33.4. The molecule has 4 atom stereocenters. The fourth-order valence-corrected chi connectivity index (χ4v) is 5.46. The number of carboxylic acid groups (broad SMARTS) is 1. The Kier molecular flexibility index (Phi) is 4.09. The van der Waals surface area contributed by atoms with E-state index in [2.05, 4.69) is 20.8 Å². The molecule has 0 radical (unpaired) electrons. The first-order valence-corrected chi connectivity index (χ1v) is 9.21. The van der Waals surface area contributed by atoms with Crippen LogP contribution >= 0.6 is 0 Å². The van der Waals surface area contributed by atoms with Crippen LogP contribution in [0.15, 0.2) is 6.07 Å². The van der Waals surface area contributed by atoms with E-state index >= 15 is 0 Å². The van der Waals surface area contributed by atoms with E-state index in [1.165, 1.54) is 7.11 Å². The van der Waals surface area contributed by atoms with Crippen molar-refractivity contribution in [3.63, 3.8) is 0 Å². The van der Waals surface area contributed by atoms with Crippen molar-refractivity contribution in [3.05, 3.63) is 28.8 Å². The number of carboxylic acids is 1. The van der Waals surface area contributed by atoms with Crippen molar-refractivity contribution in [2.75, 3.05) is 7.11 Å². The van der Waals surface area contributed by atoms with Crippen LogP contribution in [0.5, 0.6) is 5.75 Å². The molecule has 5 rings (SSSR count). The molecule has 5 nitrogen and oxygen atoms in total. The summed E-state index contributed by atoms with van der Waals surface area (Å²) in [5.74, 6) is -3.47. The van der Waals surface area contributed by atoms with Crippen molar-refractivity contribution in [1.82, 2.24) is 0 Å². The highest BCUT2D eigenvalue weighted by atomic mass is 19.2. The Hall–Kier alpha value is -1.67. The highest BCUT2D eigenvalue weighted by Crippen LogP contribution is 2.65. The van der Waals surface area contributed by atoms with Crippen LogP contribution in [0.1, 0.15) is 49.5 Å². The minimum absolute atomic E-state index is 0.0468. The average molecular weight is 380 g/mol. The first-order valence-electron chi connectivity index (χ1n) is 9.21. The topological polar surface area (TPSA) is 65.0 Å². The zero-order valence-corrected chi connectivity index (χ0v) is 15.8. The molecule has 1 heterocycles. The van der Waals surface area contributed by atoms with Gasteiger partial charge in [-0.1, -0.05) is 13.8 Å². The molecule has 27 heavy (non-hydrogen) atoms. The molecule has 4 aliphatic rings. The molecule has 8 heteroatoms. The molecule has 3 aliphatic carbocycles. The number of ether oxygens (including phenoxy) is 1. The van der Waals surface area contributed by atoms with Crippen molar-refractivity contribution in [2.45, 2.75) is 51.6 Å². The third-order valence-electron chi connectivity index (χ3n) is 7.06. The van der Waals surface area contributed by atoms with Gasteiger partial charge in [0.15, 0.2) is 11.6 Å². The lowest BCUT2D eigenvalue weighted by atomic mass is 9.43. The summed E-state index contributed by atoms with van der Waals surface area (Å²) in [6.07, 6.45) is 2.05. The summed E-state index contributed by atoms with van der Waals surface area (Å²) < 4.78 is 45.4. The number of methoxy groups -OCH3 is 1. The van der Waals surface area contributed by atoms with Gasteiger partial charge in [-0.2, -0.15) is 0 Å². The standard InChI is InChI=1S/C19H23BF2O5/c1-18(2)10-6-12(18)19(3)13(7-10)26-20(27-19)8-9-5-11(21)15(22)14(17(23)24)16(9)25-4/h5,10,12-13H,6-8H2,1-4H3,(H,23,24). The van der Waals surface area contributed by atoms with Crippen LogP contribution in [-0.4, -0.2) is 37.0 Å². The van der Waals surface area contributed by atoms with E-state index in [1.807, 2.05) is 0 Å². The monoisotopic (exact) mass is 380 g/mol. The molecule has 0 spiro atoms. The Morgan fingerprint density at radius 2 is 2.07 bits per heavy atom. The highest BCUT2D eigenvalue weighted by Gasteiger charge is 2.67. The Morgan fingerprint density at radius 1 is 1.37 bits per heavy atom. The molecule has 1 saturated heterocycles. The van der Waals surface area contributed by atoms with E-state index in [-0.39, 0.29) is 29.2 Å². The predicted molar refractivity (Wildman–Crippen MR) is 93.7 cm³/mol. The van der Waals surface area contributed by atoms with E-state index in [1.54, 1.807) is 0 Å². The maximum Gasteiger partial charge on any atom is 0.462 e. The van der Waals surface area contributed by atoms with Crippen LogP contribution < -0.4 is 4.74 Å². The molecule has 4 unspecified atom stereocenters. The molecule has 1 aromatic carbocycles. The quantitative estimate of drug-likeness (QED) is 0.811. The number of hydrogen-bond donors (Lipinski definition) is 1. The molecule has 4 fully saturated rings. The molecule has 146 valence electrons. The van der Waals surface area contributed by atoms with Gasteiger partial charge >= 0.3 is 13.1 Å². The van der Waals surface area contributed by atoms with Gasteiger partial charge in [-0.25, -0.2) is 13.6 Å². The predicted octanol–water partition coefficient (Wildman–Crippen LogP) is 3.48. The van der Waals surface area contributed by atoms with Crippen LogP contribution in [0.25, 0.3) is 0 Å². The summed E-state index contributed by atoms with van der Waals surface area (Å²) in [5, 5.41) is 9.25. The molecule has 1 N–H and O–H groups in total. The second-order valence-electron chi connectivity index (χ2n) is 8.65. The van der Waals surface area contributed by atoms with Gasteiger partial charge < -0.3 is 19.2 Å². The number of carbonyl (C=O) groups is 1. The SMILES string of the molecule is COc1c(CB2OC3CC4CC(C4(C)C)C3(C)O2)cc(F)c(F)c1C(=O)O. The largest absolute Gasteiger partial charge is 0.495 e. The number of hydrogen-bond acceptors (Lipinski definition) is 4. The summed E-state index contributed by atoms with van der Waals surface area (Å²) in [6.45, 7) is 6.56. The number of halogens is 2. The van der Waals surface area contributed by atoms with Gasteiger partial charge in [0, 0.05) is 6.32 Å². The molecule has 1 aromatic rings. The maximum atomic E-state index is 14.0. The molecule has 0 aromatic heterocycles. The van der Waals surface area contributed by atoms with Crippen LogP contribution in [0.3, 0.4) is 0 Å². The molecule has 3 saturated carbocycles. The zero-order chi connectivity index (χ0) is 19.7. The van der Waals surface area contributed by atoms with E-state index in [9.17, 15) is 18.7 Å². The van der Waals surface area contributed by atoms with Crippen LogP contribution in [0.2, 0.25) is 0 Å². The molecular formula is C19H23BF2O5. The third-order valence-corrected chi connectivity index (χ3v) is 7.06. The maximum absolute atomic E-state index is 14.0. The molecule has 0 amide bonds. The highest BCUT2D eigenvalue weighted by molar-refractivity contribution is 6.45. The fourth-order valence-electron chi connectivity index (χ4n) is 5.46. The van der Waals surface area contributed by atoms with Crippen LogP contribution in [0.4, 0.5) is 8.78 Å². The second kappa shape index (κ2) is 5.91. The second-order valence-corrected chi connectivity index (χ2v) is 8.65. The summed E-state index contributed by atoms with van der Waals surface area (Å²) in [7, 11) is 0.577. The van der Waals surface area contributed by atoms with Gasteiger partial charge in [-0.3, -0.25) is 0 Å². The van der Waals surface area contributed by atoms with Gasteiger partial charge in [0.25, 0.3) is 0 Å². The first-order chi connectivity index (χ1) is 12.6. The lowest BCUT2D eigenvalue weighted by Crippen LogP contribution is -2.65. The van der Waals surface area contributed by atoms with Crippen LogP contribution in [0, 0.1) is 28.9 Å². The lowest BCUT2D eigenvalue weighted by Gasteiger charge is -2.64. The van der Waals surface area contributed by atoms with Crippen molar-refractivity contribution in [2.24, 2.45) is 17.3 Å². The smallest absolute Gasteiger partial charge is 0.462 e. The molecule has 2 bridgehead atoms. The van der Waals surface area contributed by atoms with Crippen molar-refractivity contribution in [1.29, 1.82) is 0 Å². The van der Waals surface area contributed by atoms with Gasteiger partial charge in [-0.05, 0) is 48.6 Å². The van der Waals surface area contributed by atoms with E-state index in [0.29, 0.717) is 11.8 Å². The summed E-state index contributed by atoms with van der Waals surface area (Å²) in [6, 6.07) is 0.960. The fraction of sp³-hybridized carbons (Fsp3) is 0.632. The van der Waals surface area contributed by atoms with Crippen LogP contribution in [-0.2, 0) is 15.6 Å². The first kappa shape index (κ1) is 18.7. The average Bonchev–Trinajstić information content (AvgIpc) is 2.92. The minimum Gasteiger partial charge on any atom is -0.495 e. The lowest BCUT2D eigenvalue weighted by molar-refractivity contribution is -0.199. The Balaban J connectivity index is 1.62. The summed E-state index contributed by atoms with van der Waals surface area (Å²) in [5.41, 5.74) is -0.825. The van der Waals surface area contributed by atoms with E-state index in [4.69, 9.17) is 14.0 Å². The van der Waals surface area contributed by atoms with E-state index in [0.717, 1.165) is 18.9 Å². The Morgan fingerprint density at radius 3 is 2.67 bits per heavy atom. The number of aromatic carboxylic acids is 1. The Labute approximate surface area is 157 Å². The van der Waals surface area contributed by atoms with Gasteiger partial charge in [0.1, 0.15) is 11.3 Å². The van der Waals surface area contributed by atoms with Gasteiger partial charge in [-0.15, -0.1) is 0 Å². The number of benzene rings is 1. The molecule has 1 aliphatic heterocycles. The number of rotatable bonds is 4. The van der Waals surface area contributed by atoms with E-state index < -0.39 is 35.9 Å². The summed E-state index contributed by atoms with van der Waals surface area (Å²) >= 11 is 0. The van der Waals surface area contributed by atoms with Crippen molar-refractivity contribution < 1.29 is 32.7 Å². The molecular weight excluding hydrogens is 357 g/mol. The third kappa shape index (κ3) is 2.53. The van der Waals surface area contributed by atoms with Crippen molar-refractivity contribution >= 4 is 13.1 Å². The zero-order valence-electron chi connectivity index (χ0n) is 15.8. The summed E-state index contributed by atoms with van der Waals surface area (Å²) in [4.78, 5) is 11.4.